The van der Waals surface area contributed by atoms with Crippen LogP contribution in [-0.4, -0.2) is 37.9 Å². The fourth-order valence-corrected chi connectivity index (χ4v) is 2.10. The second-order valence-corrected chi connectivity index (χ2v) is 4.24. The summed E-state index contributed by atoms with van der Waals surface area (Å²) in [5.41, 5.74) is 0. The molecule has 0 amide bonds. The van der Waals surface area contributed by atoms with E-state index in [2.05, 4.69) is 16.2 Å². The number of amidine groups is 1. The van der Waals surface area contributed by atoms with Crippen LogP contribution < -0.4 is 14.8 Å². The van der Waals surface area contributed by atoms with Gasteiger partial charge >= 0.3 is 5.79 Å². The van der Waals surface area contributed by atoms with Gasteiger partial charge in [-0.25, -0.2) is 0 Å². The normalized spacial score (nSPS) is 23.1. The summed E-state index contributed by atoms with van der Waals surface area (Å²) >= 11 is 0. The third-order valence-electron chi connectivity index (χ3n) is 2.97. The maximum Gasteiger partial charge on any atom is 0.305 e. The number of ether oxygens (including phenoxy) is 3. The highest BCUT2D eigenvalue weighted by molar-refractivity contribution is 5.91. The van der Waals surface area contributed by atoms with Crippen molar-refractivity contribution in [1.82, 2.24) is 5.32 Å². The second-order valence-electron chi connectivity index (χ2n) is 4.24. The Kier molecular flexibility index (Phi) is 4.38. The van der Waals surface area contributed by atoms with E-state index in [4.69, 9.17) is 20.6 Å². The molecule has 6 heteroatoms. The van der Waals surface area contributed by atoms with E-state index in [0.717, 1.165) is 6.54 Å². The van der Waals surface area contributed by atoms with Crippen molar-refractivity contribution >= 4 is 18.2 Å². The van der Waals surface area contributed by atoms with Crippen LogP contribution in [0.15, 0.2) is 29.3 Å². The highest BCUT2D eigenvalue weighted by Crippen LogP contribution is 2.36. The number of benzene rings is 1. The predicted molar refractivity (Wildman–Crippen MR) is 77.6 cm³/mol. The Balaban J connectivity index is 0.00000147. The van der Waals surface area contributed by atoms with Gasteiger partial charge in [0.05, 0.1) is 6.54 Å². The van der Waals surface area contributed by atoms with Crippen molar-refractivity contribution in [3.8, 4) is 23.8 Å². The van der Waals surface area contributed by atoms with Gasteiger partial charge in [0.15, 0.2) is 23.9 Å². The average molecular weight is 295 g/mol. The first-order valence-electron chi connectivity index (χ1n) is 6.11. The minimum atomic E-state index is -1.07. The predicted octanol–water partition coefficient (Wildman–Crippen LogP) is 1.23. The molecule has 1 unspecified atom stereocenters. The summed E-state index contributed by atoms with van der Waals surface area (Å²) in [7, 11) is 0. The third-order valence-corrected chi connectivity index (χ3v) is 2.97. The number of terminal acetylenes is 1. The van der Waals surface area contributed by atoms with Crippen molar-refractivity contribution in [2.45, 2.75) is 5.79 Å². The van der Waals surface area contributed by atoms with Crippen molar-refractivity contribution in [2.24, 2.45) is 4.99 Å². The van der Waals surface area contributed by atoms with E-state index in [1.165, 1.54) is 0 Å². The van der Waals surface area contributed by atoms with Crippen LogP contribution in [0.3, 0.4) is 0 Å². The van der Waals surface area contributed by atoms with E-state index in [1.54, 1.807) is 0 Å². The molecule has 2 heterocycles. The number of hydrogen-bond acceptors (Lipinski definition) is 5. The fraction of sp³-hybridized carbons (Fsp3) is 0.357. The van der Waals surface area contributed by atoms with E-state index in [9.17, 15) is 0 Å². The molecular weight excluding hydrogens is 280 g/mol. The first-order valence-corrected chi connectivity index (χ1v) is 6.11. The molecule has 0 fully saturated rings. The van der Waals surface area contributed by atoms with Crippen LogP contribution in [0.25, 0.3) is 0 Å². The Morgan fingerprint density at radius 3 is 2.90 bits per heavy atom. The molecule has 1 N–H and O–H groups in total. The maximum atomic E-state index is 5.97. The average Bonchev–Trinajstić information content (AvgIpc) is 3.00. The lowest BCUT2D eigenvalue weighted by Crippen LogP contribution is -2.57. The Labute approximate surface area is 123 Å². The largest absolute Gasteiger partial charge is 0.482 e. The van der Waals surface area contributed by atoms with Gasteiger partial charge in [-0.05, 0) is 12.1 Å². The van der Waals surface area contributed by atoms with Gasteiger partial charge in [-0.3, -0.25) is 4.99 Å². The zero-order chi connectivity index (χ0) is 13.1. The summed E-state index contributed by atoms with van der Waals surface area (Å²) in [4.78, 5) is 4.36. The lowest BCUT2D eigenvalue weighted by molar-refractivity contribution is -0.155. The number of halogens is 1. The molecule has 1 atom stereocenters. The van der Waals surface area contributed by atoms with Crippen LogP contribution in [0.4, 0.5) is 0 Å². The van der Waals surface area contributed by atoms with Gasteiger partial charge in [-0.15, -0.1) is 18.8 Å². The van der Waals surface area contributed by atoms with E-state index in [0.29, 0.717) is 23.9 Å². The van der Waals surface area contributed by atoms with Gasteiger partial charge in [0.1, 0.15) is 6.61 Å². The summed E-state index contributed by atoms with van der Waals surface area (Å²) in [5, 5.41) is 3.16. The second kappa shape index (κ2) is 6.04. The lowest BCUT2D eigenvalue weighted by atomic mass is 10.2. The van der Waals surface area contributed by atoms with Crippen LogP contribution in [0.1, 0.15) is 0 Å². The molecule has 1 aromatic carbocycles. The molecule has 0 spiro atoms. The molecular formula is C14H15ClN2O3. The number of aliphatic imine (C=N–C) groups is 1. The highest BCUT2D eigenvalue weighted by Gasteiger charge is 2.45. The van der Waals surface area contributed by atoms with Gasteiger partial charge < -0.3 is 19.5 Å². The molecule has 3 rings (SSSR count). The fourth-order valence-electron chi connectivity index (χ4n) is 2.10. The zero-order valence-electron chi connectivity index (χ0n) is 10.8. The van der Waals surface area contributed by atoms with Crippen LogP contribution in [0, 0.1) is 12.3 Å². The summed E-state index contributed by atoms with van der Waals surface area (Å²) in [6.45, 7) is 1.81. The number of nitrogens with one attached hydrogen (secondary N) is 1. The molecule has 0 bridgehead atoms. The number of rotatable bonds is 3. The summed E-state index contributed by atoms with van der Waals surface area (Å²) in [6.07, 6.45) is 5.27. The molecule has 106 valence electrons. The molecule has 5 nitrogen and oxygen atoms in total. The van der Waals surface area contributed by atoms with Crippen LogP contribution in [0.2, 0.25) is 0 Å². The quantitative estimate of drug-likeness (QED) is 0.852. The molecule has 0 radical (unpaired) electrons. The lowest BCUT2D eigenvalue weighted by Gasteiger charge is -2.37. The van der Waals surface area contributed by atoms with E-state index in [-0.39, 0.29) is 25.6 Å². The van der Waals surface area contributed by atoms with Crippen LogP contribution in [-0.2, 0) is 4.74 Å². The Morgan fingerprint density at radius 2 is 2.20 bits per heavy atom. The molecule has 0 aromatic heterocycles. The van der Waals surface area contributed by atoms with Crippen molar-refractivity contribution in [3.63, 3.8) is 0 Å². The van der Waals surface area contributed by atoms with E-state index < -0.39 is 5.79 Å². The minimum absolute atomic E-state index is 0. The summed E-state index contributed by atoms with van der Waals surface area (Å²) < 4.78 is 17.4. The molecule has 0 saturated carbocycles. The molecule has 0 saturated heterocycles. The number of hydrogen-bond donors (Lipinski definition) is 1. The standard InChI is InChI=1S/C14H14N2O3.ClH/c1-2-9-18-14(13-15-7-8-16-13)10-17-11-5-3-4-6-12(11)19-14;/h1,3-6H,7-10H2,(H,15,16);1H. The van der Waals surface area contributed by atoms with Gasteiger partial charge in [0.25, 0.3) is 0 Å². The Bertz CT molecular complexity index is 556. The van der Waals surface area contributed by atoms with Gasteiger partial charge in [-0.2, -0.15) is 0 Å². The van der Waals surface area contributed by atoms with Gasteiger partial charge in [0.2, 0.25) is 0 Å². The van der Waals surface area contributed by atoms with Crippen molar-refractivity contribution in [2.75, 3.05) is 26.3 Å². The number of fused-ring (bicyclic) bond motifs is 1. The topological polar surface area (TPSA) is 52.1 Å². The minimum Gasteiger partial charge on any atom is -0.482 e. The zero-order valence-corrected chi connectivity index (χ0v) is 11.6. The van der Waals surface area contributed by atoms with Crippen molar-refractivity contribution in [3.05, 3.63) is 24.3 Å². The highest BCUT2D eigenvalue weighted by atomic mass is 35.5. The first kappa shape index (κ1) is 14.5. The molecule has 20 heavy (non-hydrogen) atoms. The number of nitrogens with zero attached hydrogens (tertiary/aromatic N) is 1. The van der Waals surface area contributed by atoms with Gasteiger partial charge in [-0.1, -0.05) is 18.1 Å². The SMILES string of the molecule is C#CCOC1(C2=NCCN2)COc2ccccc2O1.Cl. The molecule has 1 aromatic rings. The van der Waals surface area contributed by atoms with Crippen LogP contribution in [0.5, 0.6) is 11.5 Å². The first-order chi connectivity index (χ1) is 9.34. The maximum absolute atomic E-state index is 5.97. The van der Waals surface area contributed by atoms with Crippen molar-refractivity contribution < 1.29 is 14.2 Å². The van der Waals surface area contributed by atoms with E-state index in [1.807, 2.05) is 24.3 Å². The van der Waals surface area contributed by atoms with E-state index >= 15 is 0 Å². The van der Waals surface area contributed by atoms with Gasteiger partial charge in [0, 0.05) is 6.54 Å². The van der Waals surface area contributed by atoms with Crippen molar-refractivity contribution in [1.29, 1.82) is 0 Å². The number of para-hydroxylation sites is 2. The summed E-state index contributed by atoms with van der Waals surface area (Å²) in [5.74, 6) is 3.33. The Morgan fingerprint density at radius 1 is 1.40 bits per heavy atom. The molecule has 2 aliphatic rings. The summed E-state index contributed by atoms with van der Waals surface area (Å²) in [6, 6.07) is 7.45. The molecule has 0 aliphatic carbocycles. The Hall–Kier alpha value is -1.90. The molecule has 2 aliphatic heterocycles. The van der Waals surface area contributed by atoms with Crippen LogP contribution >= 0.6 is 12.4 Å². The smallest absolute Gasteiger partial charge is 0.305 e. The third kappa shape index (κ3) is 2.53. The monoisotopic (exact) mass is 294 g/mol.